The zero-order valence-corrected chi connectivity index (χ0v) is 9.57. The number of Topliss-reactive ketones (excluding diaryl/α,β-unsaturated/α-hetero) is 1. The summed E-state index contributed by atoms with van der Waals surface area (Å²) in [6.45, 7) is 3.45. The minimum atomic E-state index is 0.0451. The van der Waals surface area contributed by atoms with E-state index in [1.165, 1.54) is 0 Å². The molecule has 82 valence electrons. The van der Waals surface area contributed by atoms with Crippen molar-refractivity contribution in [1.29, 1.82) is 0 Å². The van der Waals surface area contributed by atoms with Gasteiger partial charge in [-0.1, -0.05) is 0 Å². The molecule has 0 radical (unpaired) electrons. The Morgan fingerprint density at radius 1 is 1.31 bits per heavy atom. The van der Waals surface area contributed by atoms with Crippen LogP contribution < -0.4 is 4.74 Å². The van der Waals surface area contributed by atoms with Gasteiger partial charge in [0.2, 0.25) is 0 Å². The third-order valence-corrected chi connectivity index (χ3v) is 2.52. The first-order chi connectivity index (χ1) is 7.61. The van der Waals surface area contributed by atoms with Crippen molar-refractivity contribution in [3.63, 3.8) is 0 Å². The van der Waals surface area contributed by atoms with Crippen molar-refractivity contribution in [1.82, 2.24) is 4.98 Å². The van der Waals surface area contributed by atoms with Crippen LogP contribution in [0.2, 0.25) is 0 Å². The standard InChI is InChI=1S/C13H13NO2/c1-8-6-11(9(2)15)12-7-10(16-3)4-5-13(12)14-8/h4-7H,1-3H3. The highest BCUT2D eigenvalue weighted by atomic mass is 16.5. The molecule has 2 aromatic rings. The number of hydrogen-bond acceptors (Lipinski definition) is 3. The Labute approximate surface area is 94.1 Å². The number of aryl methyl sites for hydroxylation is 1. The van der Waals surface area contributed by atoms with Crippen LogP contribution in [0.5, 0.6) is 5.75 Å². The third kappa shape index (κ3) is 1.76. The second kappa shape index (κ2) is 3.93. The topological polar surface area (TPSA) is 39.2 Å². The molecule has 0 saturated carbocycles. The lowest BCUT2D eigenvalue weighted by molar-refractivity contribution is 0.101. The molecular formula is C13H13NO2. The number of carbonyl (C=O) groups excluding carboxylic acids is 1. The summed E-state index contributed by atoms with van der Waals surface area (Å²) in [5.74, 6) is 0.782. The van der Waals surface area contributed by atoms with Gasteiger partial charge in [-0.05, 0) is 38.1 Å². The van der Waals surface area contributed by atoms with Crippen molar-refractivity contribution >= 4 is 16.7 Å². The van der Waals surface area contributed by atoms with E-state index < -0.39 is 0 Å². The Morgan fingerprint density at radius 3 is 2.69 bits per heavy atom. The van der Waals surface area contributed by atoms with Gasteiger partial charge in [0.15, 0.2) is 5.78 Å². The van der Waals surface area contributed by atoms with Gasteiger partial charge < -0.3 is 4.74 Å². The van der Waals surface area contributed by atoms with Crippen LogP contribution in [0.15, 0.2) is 24.3 Å². The van der Waals surface area contributed by atoms with Crippen molar-refractivity contribution < 1.29 is 9.53 Å². The van der Waals surface area contributed by atoms with Crippen molar-refractivity contribution in [3.8, 4) is 5.75 Å². The first kappa shape index (κ1) is 10.6. The second-order valence-electron chi connectivity index (χ2n) is 3.75. The molecule has 3 heteroatoms. The lowest BCUT2D eigenvalue weighted by atomic mass is 10.0. The van der Waals surface area contributed by atoms with E-state index in [-0.39, 0.29) is 5.78 Å². The Balaban J connectivity index is 2.80. The number of rotatable bonds is 2. The van der Waals surface area contributed by atoms with Crippen LogP contribution in [0.3, 0.4) is 0 Å². The first-order valence-corrected chi connectivity index (χ1v) is 5.08. The molecule has 0 unspecified atom stereocenters. The van der Waals surface area contributed by atoms with Crippen molar-refractivity contribution in [2.45, 2.75) is 13.8 Å². The molecule has 0 spiro atoms. The van der Waals surface area contributed by atoms with E-state index in [1.807, 2.05) is 31.2 Å². The average molecular weight is 215 g/mol. The van der Waals surface area contributed by atoms with Gasteiger partial charge in [-0.3, -0.25) is 9.78 Å². The van der Waals surface area contributed by atoms with E-state index in [0.717, 1.165) is 22.3 Å². The molecule has 0 atom stereocenters. The highest BCUT2D eigenvalue weighted by Gasteiger charge is 2.08. The van der Waals surface area contributed by atoms with Crippen molar-refractivity contribution in [2.75, 3.05) is 7.11 Å². The molecule has 1 heterocycles. The van der Waals surface area contributed by atoms with E-state index in [9.17, 15) is 4.79 Å². The number of hydrogen-bond donors (Lipinski definition) is 0. The van der Waals surface area contributed by atoms with Gasteiger partial charge in [-0.15, -0.1) is 0 Å². The van der Waals surface area contributed by atoms with Crippen LogP contribution in [0.25, 0.3) is 10.9 Å². The van der Waals surface area contributed by atoms with E-state index in [1.54, 1.807) is 14.0 Å². The summed E-state index contributed by atoms with van der Waals surface area (Å²) >= 11 is 0. The molecule has 0 N–H and O–H groups in total. The summed E-state index contributed by atoms with van der Waals surface area (Å²) in [7, 11) is 1.61. The van der Waals surface area contributed by atoms with Crippen LogP contribution in [-0.4, -0.2) is 17.9 Å². The molecule has 2 rings (SSSR count). The maximum atomic E-state index is 11.5. The summed E-state index contributed by atoms with van der Waals surface area (Å²) in [5.41, 5.74) is 2.37. The number of ether oxygens (including phenoxy) is 1. The number of ketones is 1. The molecule has 3 nitrogen and oxygen atoms in total. The van der Waals surface area contributed by atoms with Crippen LogP contribution in [-0.2, 0) is 0 Å². The minimum Gasteiger partial charge on any atom is -0.497 e. The van der Waals surface area contributed by atoms with Gasteiger partial charge in [0.25, 0.3) is 0 Å². The molecule has 1 aromatic heterocycles. The molecule has 1 aromatic carbocycles. The molecular weight excluding hydrogens is 202 g/mol. The van der Waals surface area contributed by atoms with Gasteiger partial charge in [0.1, 0.15) is 5.75 Å². The maximum Gasteiger partial charge on any atom is 0.160 e. The third-order valence-electron chi connectivity index (χ3n) is 2.52. The molecule has 0 aliphatic carbocycles. The van der Waals surface area contributed by atoms with Crippen LogP contribution >= 0.6 is 0 Å². The predicted molar refractivity (Wildman–Crippen MR) is 63.0 cm³/mol. The zero-order valence-electron chi connectivity index (χ0n) is 9.57. The van der Waals surface area contributed by atoms with E-state index in [2.05, 4.69) is 4.98 Å². The fraction of sp³-hybridized carbons (Fsp3) is 0.231. The van der Waals surface area contributed by atoms with E-state index in [0.29, 0.717) is 5.56 Å². The van der Waals surface area contributed by atoms with Gasteiger partial charge in [0.05, 0.1) is 12.6 Å². The van der Waals surface area contributed by atoms with E-state index >= 15 is 0 Å². The Morgan fingerprint density at radius 2 is 2.06 bits per heavy atom. The van der Waals surface area contributed by atoms with Gasteiger partial charge in [-0.25, -0.2) is 0 Å². The smallest absolute Gasteiger partial charge is 0.160 e. The number of aromatic nitrogens is 1. The molecule has 0 saturated heterocycles. The molecule has 0 amide bonds. The lowest BCUT2D eigenvalue weighted by Gasteiger charge is -2.06. The average Bonchev–Trinajstić information content (AvgIpc) is 2.27. The number of nitrogens with zero attached hydrogens (tertiary/aromatic N) is 1. The van der Waals surface area contributed by atoms with Crippen molar-refractivity contribution in [3.05, 3.63) is 35.5 Å². The Kier molecular flexibility index (Phi) is 2.60. The predicted octanol–water partition coefficient (Wildman–Crippen LogP) is 2.75. The molecule has 0 aliphatic heterocycles. The van der Waals surface area contributed by atoms with Gasteiger partial charge >= 0.3 is 0 Å². The van der Waals surface area contributed by atoms with Crippen LogP contribution in [0.1, 0.15) is 23.0 Å². The number of methoxy groups -OCH3 is 1. The number of fused-ring (bicyclic) bond motifs is 1. The summed E-state index contributed by atoms with van der Waals surface area (Å²) in [5, 5.41) is 0.845. The highest BCUT2D eigenvalue weighted by molar-refractivity contribution is 6.06. The second-order valence-corrected chi connectivity index (χ2v) is 3.75. The molecule has 0 fully saturated rings. The van der Waals surface area contributed by atoms with Crippen molar-refractivity contribution in [2.24, 2.45) is 0 Å². The van der Waals surface area contributed by atoms with Crippen LogP contribution in [0, 0.1) is 6.92 Å². The summed E-state index contributed by atoms with van der Waals surface area (Å²) < 4.78 is 5.15. The SMILES string of the molecule is COc1ccc2nc(C)cc(C(C)=O)c2c1. The monoisotopic (exact) mass is 215 g/mol. The number of benzene rings is 1. The largest absolute Gasteiger partial charge is 0.497 e. The van der Waals surface area contributed by atoms with Crippen LogP contribution in [0.4, 0.5) is 0 Å². The highest BCUT2D eigenvalue weighted by Crippen LogP contribution is 2.23. The lowest BCUT2D eigenvalue weighted by Crippen LogP contribution is -1.97. The number of carbonyl (C=O) groups is 1. The first-order valence-electron chi connectivity index (χ1n) is 5.08. The van der Waals surface area contributed by atoms with Gasteiger partial charge in [0, 0.05) is 16.6 Å². The number of pyridine rings is 1. The fourth-order valence-electron chi connectivity index (χ4n) is 1.76. The maximum absolute atomic E-state index is 11.5. The molecule has 0 bridgehead atoms. The Hall–Kier alpha value is -1.90. The molecule has 16 heavy (non-hydrogen) atoms. The Bertz CT molecular complexity index is 561. The quantitative estimate of drug-likeness (QED) is 0.723. The summed E-state index contributed by atoms with van der Waals surface area (Å²) in [6, 6.07) is 7.37. The summed E-state index contributed by atoms with van der Waals surface area (Å²) in [4.78, 5) is 15.9. The van der Waals surface area contributed by atoms with Gasteiger partial charge in [-0.2, -0.15) is 0 Å². The zero-order chi connectivity index (χ0) is 11.7. The normalized spacial score (nSPS) is 10.4. The summed E-state index contributed by atoms with van der Waals surface area (Å²) in [6.07, 6.45) is 0. The molecule has 0 aliphatic rings. The fourth-order valence-corrected chi connectivity index (χ4v) is 1.76. The minimum absolute atomic E-state index is 0.0451. The van der Waals surface area contributed by atoms with E-state index in [4.69, 9.17) is 4.74 Å².